The zero-order valence-corrected chi connectivity index (χ0v) is 14.8. The third kappa shape index (κ3) is 4.36. The molecule has 0 N–H and O–H groups in total. The largest absolute Gasteiger partial charge is 0.301 e. The van der Waals surface area contributed by atoms with Crippen LogP contribution in [0.15, 0.2) is 5.51 Å². The standard InChI is InChI=1S/C17H28N2OS/c1-12-16(21-11-18-12)10-19(5)9-13-8-14(17(2,3)4)6-7-15(13)20/h11,13-14H,6-10H2,1-5H3. The van der Waals surface area contributed by atoms with Crippen molar-refractivity contribution in [2.24, 2.45) is 17.3 Å². The lowest BCUT2D eigenvalue weighted by atomic mass is 9.68. The van der Waals surface area contributed by atoms with E-state index in [0.29, 0.717) is 17.1 Å². The molecular formula is C17H28N2OS. The highest BCUT2D eigenvalue weighted by Crippen LogP contribution is 2.39. The molecule has 0 spiro atoms. The van der Waals surface area contributed by atoms with Crippen LogP contribution in [0.3, 0.4) is 0 Å². The fourth-order valence-electron chi connectivity index (χ4n) is 3.24. The molecule has 1 saturated carbocycles. The zero-order chi connectivity index (χ0) is 15.6. The molecule has 2 atom stereocenters. The molecule has 1 fully saturated rings. The highest BCUT2D eigenvalue weighted by molar-refractivity contribution is 7.09. The quantitative estimate of drug-likeness (QED) is 0.845. The van der Waals surface area contributed by atoms with Gasteiger partial charge in [-0.25, -0.2) is 4.98 Å². The molecule has 2 rings (SSSR count). The topological polar surface area (TPSA) is 33.2 Å². The van der Waals surface area contributed by atoms with Crippen molar-refractivity contribution < 1.29 is 4.79 Å². The predicted molar refractivity (Wildman–Crippen MR) is 88.5 cm³/mol. The summed E-state index contributed by atoms with van der Waals surface area (Å²) in [5, 5.41) is 0. The molecule has 0 amide bonds. The van der Waals surface area contributed by atoms with Gasteiger partial charge in [0.25, 0.3) is 0 Å². The maximum absolute atomic E-state index is 12.2. The Morgan fingerprint density at radius 1 is 1.43 bits per heavy atom. The third-order valence-corrected chi connectivity index (χ3v) is 5.70. The van der Waals surface area contributed by atoms with Crippen LogP contribution in [-0.2, 0) is 11.3 Å². The van der Waals surface area contributed by atoms with Crippen molar-refractivity contribution in [3.05, 3.63) is 16.1 Å². The smallest absolute Gasteiger partial charge is 0.137 e. The molecule has 2 unspecified atom stereocenters. The first kappa shape index (κ1) is 16.6. The maximum Gasteiger partial charge on any atom is 0.137 e. The summed E-state index contributed by atoms with van der Waals surface area (Å²) in [7, 11) is 2.12. The molecule has 21 heavy (non-hydrogen) atoms. The van der Waals surface area contributed by atoms with Crippen LogP contribution in [0, 0.1) is 24.2 Å². The summed E-state index contributed by atoms with van der Waals surface area (Å²) in [6.07, 6.45) is 2.88. The average molecular weight is 308 g/mol. The lowest BCUT2D eigenvalue weighted by Gasteiger charge is -2.38. The minimum atomic E-state index is 0.209. The first-order valence-electron chi connectivity index (χ1n) is 7.87. The molecule has 1 heterocycles. The predicted octanol–water partition coefficient (Wildman–Crippen LogP) is 3.91. The van der Waals surface area contributed by atoms with Crippen LogP contribution in [0.4, 0.5) is 0 Å². The van der Waals surface area contributed by atoms with Gasteiger partial charge in [-0.15, -0.1) is 11.3 Å². The van der Waals surface area contributed by atoms with Crippen molar-refractivity contribution in [3.63, 3.8) is 0 Å². The SMILES string of the molecule is Cc1ncsc1CN(C)CC1CC(C(C)(C)C)CCC1=O. The Hall–Kier alpha value is -0.740. The fraction of sp³-hybridized carbons (Fsp3) is 0.765. The number of carbonyl (C=O) groups is 1. The normalized spacial score (nSPS) is 23.8. The molecule has 1 aromatic rings. The molecule has 0 bridgehead atoms. The van der Waals surface area contributed by atoms with Crippen LogP contribution in [0.25, 0.3) is 0 Å². The van der Waals surface area contributed by atoms with E-state index in [1.807, 2.05) is 5.51 Å². The van der Waals surface area contributed by atoms with E-state index >= 15 is 0 Å². The monoisotopic (exact) mass is 308 g/mol. The number of aryl methyl sites for hydroxylation is 1. The van der Waals surface area contributed by atoms with Gasteiger partial charge in [0.2, 0.25) is 0 Å². The fourth-order valence-corrected chi connectivity index (χ4v) is 4.10. The van der Waals surface area contributed by atoms with Crippen molar-refractivity contribution in [1.29, 1.82) is 0 Å². The van der Waals surface area contributed by atoms with Gasteiger partial charge in [0.1, 0.15) is 5.78 Å². The molecular weight excluding hydrogens is 280 g/mol. The Kier molecular flexibility index (Phi) is 5.20. The average Bonchev–Trinajstić information content (AvgIpc) is 2.76. The van der Waals surface area contributed by atoms with Gasteiger partial charge < -0.3 is 4.90 Å². The summed E-state index contributed by atoms with van der Waals surface area (Å²) in [4.78, 5) is 20.1. The Morgan fingerprint density at radius 3 is 2.71 bits per heavy atom. The number of ketones is 1. The Balaban J connectivity index is 1.94. The van der Waals surface area contributed by atoms with E-state index in [0.717, 1.165) is 38.0 Å². The van der Waals surface area contributed by atoms with E-state index in [-0.39, 0.29) is 5.92 Å². The van der Waals surface area contributed by atoms with E-state index in [2.05, 4.69) is 44.6 Å². The van der Waals surface area contributed by atoms with Gasteiger partial charge in [0.15, 0.2) is 0 Å². The molecule has 0 aromatic carbocycles. The van der Waals surface area contributed by atoms with Crippen LogP contribution in [0.1, 0.15) is 50.6 Å². The zero-order valence-electron chi connectivity index (χ0n) is 14.0. The summed E-state index contributed by atoms with van der Waals surface area (Å²) in [5.74, 6) is 1.34. The summed E-state index contributed by atoms with van der Waals surface area (Å²) in [6, 6.07) is 0. The van der Waals surface area contributed by atoms with Gasteiger partial charge in [0, 0.05) is 30.3 Å². The summed E-state index contributed by atoms with van der Waals surface area (Å²) in [6.45, 7) is 10.7. The number of thiazole rings is 1. The number of nitrogens with zero attached hydrogens (tertiary/aromatic N) is 2. The maximum atomic E-state index is 12.2. The van der Waals surface area contributed by atoms with Crippen molar-refractivity contribution >= 4 is 17.1 Å². The highest BCUT2D eigenvalue weighted by atomic mass is 32.1. The number of hydrogen-bond donors (Lipinski definition) is 0. The molecule has 4 heteroatoms. The molecule has 1 aliphatic rings. The van der Waals surface area contributed by atoms with Crippen LogP contribution >= 0.6 is 11.3 Å². The van der Waals surface area contributed by atoms with Gasteiger partial charge >= 0.3 is 0 Å². The number of Topliss-reactive ketones (excluding diaryl/α,β-unsaturated/α-hetero) is 1. The Morgan fingerprint density at radius 2 is 2.14 bits per heavy atom. The molecule has 0 saturated heterocycles. The number of carbonyl (C=O) groups excluding carboxylic acids is 1. The lowest BCUT2D eigenvalue weighted by Crippen LogP contribution is -2.37. The van der Waals surface area contributed by atoms with Gasteiger partial charge in [-0.1, -0.05) is 20.8 Å². The second-order valence-corrected chi connectivity index (χ2v) is 8.50. The molecule has 0 aliphatic heterocycles. The summed E-state index contributed by atoms with van der Waals surface area (Å²) >= 11 is 1.71. The van der Waals surface area contributed by atoms with Crippen LogP contribution in [-0.4, -0.2) is 29.3 Å². The molecule has 1 aliphatic carbocycles. The second kappa shape index (κ2) is 6.57. The molecule has 118 valence electrons. The van der Waals surface area contributed by atoms with E-state index in [1.165, 1.54) is 4.88 Å². The van der Waals surface area contributed by atoms with E-state index < -0.39 is 0 Å². The van der Waals surface area contributed by atoms with Gasteiger partial charge in [-0.2, -0.15) is 0 Å². The minimum absolute atomic E-state index is 0.209. The van der Waals surface area contributed by atoms with E-state index in [9.17, 15) is 4.79 Å². The molecule has 1 aromatic heterocycles. The summed E-state index contributed by atoms with van der Waals surface area (Å²) < 4.78 is 0. The Labute approximate surface area is 132 Å². The summed E-state index contributed by atoms with van der Waals surface area (Å²) in [5.41, 5.74) is 3.33. The van der Waals surface area contributed by atoms with Crippen molar-refractivity contribution in [2.75, 3.05) is 13.6 Å². The first-order valence-corrected chi connectivity index (χ1v) is 8.75. The number of aromatic nitrogens is 1. The molecule has 3 nitrogen and oxygen atoms in total. The van der Waals surface area contributed by atoms with Crippen molar-refractivity contribution in [1.82, 2.24) is 9.88 Å². The van der Waals surface area contributed by atoms with Crippen molar-refractivity contribution in [2.45, 2.75) is 53.5 Å². The molecule has 0 radical (unpaired) electrons. The van der Waals surface area contributed by atoms with E-state index in [1.54, 1.807) is 11.3 Å². The lowest BCUT2D eigenvalue weighted by molar-refractivity contribution is -0.127. The van der Waals surface area contributed by atoms with Crippen molar-refractivity contribution in [3.8, 4) is 0 Å². The van der Waals surface area contributed by atoms with Gasteiger partial charge in [-0.3, -0.25) is 4.79 Å². The third-order valence-electron chi connectivity index (χ3n) is 4.78. The van der Waals surface area contributed by atoms with Gasteiger partial charge in [0.05, 0.1) is 11.2 Å². The number of hydrogen-bond acceptors (Lipinski definition) is 4. The minimum Gasteiger partial charge on any atom is -0.301 e. The number of rotatable bonds is 4. The van der Waals surface area contributed by atoms with E-state index in [4.69, 9.17) is 0 Å². The first-order chi connectivity index (χ1) is 9.77. The second-order valence-electron chi connectivity index (χ2n) is 7.56. The van der Waals surface area contributed by atoms with Gasteiger partial charge in [-0.05, 0) is 38.1 Å². The highest BCUT2D eigenvalue weighted by Gasteiger charge is 2.35. The van der Waals surface area contributed by atoms with Crippen LogP contribution in [0.5, 0.6) is 0 Å². The Bertz CT molecular complexity index is 489. The van der Waals surface area contributed by atoms with Crippen LogP contribution in [0.2, 0.25) is 0 Å². The van der Waals surface area contributed by atoms with Crippen LogP contribution < -0.4 is 0 Å².